The lowest BCUT2D eigenvalue weighted by atomic mass is 10.1. The molecule has 0 aliphatic rings. The van der Waals surface area contributed by atoms with E-state index in [-0.39, 0.29) is 15.9 Å². The van der Waals surface area contributed by atoms with Gasteiger partial charge in [-0.3, -0.25) is 10.1 Å². The van der Waals surface area contributed by atoms with Crippen LogP contribution in [-0.4, -0.2) is 14.9 Å². The van der Waals surface area contributed by atoms with Gasteiger partial charge < -0.3 is 0 Å². The second kappa shape index (κ2) is 5.06. The van der Waals surface area contributed by atoms with Crippen LogP contribution in [0.15, 0.2) is 24.5 Å². The fraction of sp³-hybridized carbons (Fsp3) is 0. The summed E-state index contributed by atoms with van der Waals surface area (Å²) in [6.45, 7) is 0. The second-order valence-electron chi connectivity index (χ2n) is 3.24. The van der Waals surface area contributed by atoms with Gasteiger partial charge in [-0.15, -0.1) is 0 Å². The van der Waals surface area contributed by atoms with Crippen molar-refractivity contribution in [1.29, 1.82) is 0 Å². The van der Waals surface area contributed by atoms with Gasteiger partial charge in [0.15, 0.2) is 5.69 Å². The Kier molecular flexibility index (Phi) is 3.65. The molecule has 0 amide bonds. The highest BCUT2D eigenvalue weighted by atomic mass is 35.5. The number of rotatable bonds is 2. The van der Waals surface area contributed by atoms with Gasteiger partial charge in [-0.05, 0) is 18.2 Å². The normalized spacial score (nSPS) is 10.4. The summed E-state index contributed by atoms with van der Waals surface area (Å²) in [6.07, 6.45) is 1.13. The van der Waals surface area contributed by atoms with Gasteiger partial charge in [0, 0.05) is 10.6 Å². The van der Waals surface area contributed by atoms with Crippen molar-refractivity contribution in [3.63, 3.8) is 0 Å². The highest BCUT2D eigenvalue weighted by Crippen LogP contribution is 2.37. The van der Waals surface area contributed by atoms with Crippen molar-refractivity contribution < 1.29 is 4.92 Å². The molecule has 0 spiro atoms. The van der Waals surface area contributed by atoms with E-state index < -0.39 is 10.6 Å². The summed E-state index contributed by atoms with van der Waals surface area (Å²) in [7, 11) is 0. The molecule has 0 saturated heterocycles. The van der Waals surface area contributed by atoms with E-state index in [4.69, 9.17) is 34.8 Å². The van der Waals surface area contributed by atoms with Gasteiger partial charge >= 0.3 is 5.69 Å². The monoisotopic (exact) mass is 303 g/mol. The van der Waals surface area contributed by atoms with Crippen molar-refractivity contribution in [3.8, 4) is 11.3 Å². The Morgan fingerprint density at radius 1 is 1.17 bits per heavy atom. The van der Waals surface area contributed by atoms with Gasteiger partial charge in [0.1, 0.15) is 6.33 Å². The molecule has 0 fully saturated rings. The SMILES string of the molecule is O=[N+]([O-])c1c(Cl)ncnc1-c1cc(Cl)ccc1Cl. The molecular formula is C10H4Cl3N3O2. The number of nitrogens with zero attached hydrogens (tertiary/aromatic N) is 3. The van der Waals surface area contributed by atoms with Crippen molar-refractivity contribution in [1.82, 2.24) is 9.97 Å². The van der Waals surface area contributed by atoms with Crippen LogP contribution >= 0.6 is 34.8 Å². The number of halogens is 3. The summed E-state index contributed by atoms with van der Waals surface area (Å²) in [5.41, 5.74) is -0.0315. The summed E-state index contributed by atoms with van der Waals surface area (Å²) < 4.78 is 0. The minimum Gasteiger partial charge on any atom is -0.258 e. The van der Waals surface area contributed by atoms with Crippen LogP contribution in [0.1, 0.15) is 0 Å². The van der Waals surface area contributed by atoms with E-state index in [2.05, 4.69) is 9.97 Å². The van der Waals surface area contributed by atoms with Crippen LogP contribution < -0.4 is 0 Å². The van der Waals surface area contributed by atoms with Crippen LogP contribution in [0.5, 0.6) is 0 Å². The Hall–Kier alpha value is -1.43. The maximum Gasteiger partial charge on any atom is 0.332 e. The lowest BCUT2D eigenvalue weighted by Crippen LogP contribution is -1.98. The zero-order chi connectivity index (χ0) is 13.3. The number of benzene rings is 1. The lowest BCUT2D eigenvalue weighted by molar-refractivity contribution is -0.384. The molecule has 92 valence electrons. The first-order valence-corrected chi connectivity index (χ1v) is 5.74. The highest BCUT2D eigenvalue weighted by molar-refractivity contribution is 6.36. The van der Waals surface area contributed by atoms with Crippen molar-refractivity contribution in [2.24, 2.45) is 0 Å². The molecule has 1 heterocycles. The lowest BCUT2D eigenvalue weighted by Gasteiger charge is -2.05. The first-order chi connectivity index (χ1) is 8.50. The van der Waals surface area contributed by atoms with Gasteiger partial charge in [0.05, 0.1) is 9.95 Å². The first kappa shape index (κ1) is 13.0. The zero-order valence-electron chi connectivity index (χ0n) is 8.60. The third kappa shape index (κ3) is 2.38. The predicted octanol–water partition coefficient (Wildman–Crippen LogP) is 4.01. The van der Waals surface area contributed by atoms with Crippen LogP contribution in [0.2, 0.25) is 15.2 Å². The largest absolute Gasteiger partial charge is 0.332 e. The Morgan fingerprint density at radius 3 is 2.56 bits per heavy atom. The second-order valence-corrected chi connectivity index (χ2v) is 4.44. The van der Waals surface area contributed by atoms with Crippen molar-refractivity contribution in [2.45, 2.75) is 0 Å². The maximum atomic E-state index is 11.0. The summed E-state index contributed by atoms with van der Waals surface area (Å²) in [4.78, 5) is 17.7. The quantitative estimate of drug-likeness (QED) is 0.477. The summed E-state index contributed by atoms with van der Waals surface area (Å²) in [5.74, 6) is 0. The molecule has 1 aromatic heterocycles. The van der Waals surface area contributed by atoms with E-state index in [0.717, 1.165) is 6.33 Å². The van der Waals surface area contributed by atoms with Crippen LogP contribution in [0.25, 0.3) is 11.3 Å². The third-order valence-corrected chi connectivity index (χ3v) is 2.99. The van der Waals surface area contributed by atoms with E-state index >= 15 is 0 Å². The molecule has 0 atom stereocenters. The standard InChI is InChI=1S/C10H4Cl3N3O2/c11-5-1-2-7(12)6(3-5)8-9(16(17)18)10(13)15-4-14-8/h1-4H. The van der Waals surface area contributed by atoms with Crippen LogP contribution in [0, 0.1) is 10.1 Å². The molecule has 5 nitrogen and oxygen atoms in total. The molecule has 8 heteroatoms. The van der Waals surface area contributed by atoms with E-state index in [1.54, 1.807) is 6.07 Å². The first-order valence-electron chi connectivity index (χ1n) is 4.61. The Morgan fingerprint density at radius 2 is 1.89 bits per heavy atom. The van der Waals surface area contributed by atoms with Gasteiger partial charge in [-0.2, -0.15) is 0 Å². The summed E-state index contributed by atoms with van der Waals surface area (Å²) in [5, 5.41) is 11.4. The fourth-order valence-corrected chi connectivity index (χ4v) is 1.98. The highest BCUT2D eigenvalue weighted by Gasteiger charge is 2.24. The van der Waals surface area contributed by atoms with Crippen molar-refractivity contribution in [2.75, 3.05) is 0 Å². The minimum atomic E-state index is -0.658. The molecule has 0 aliphatic carbocycles. The van der Waals surface area contributed by atoms with Crippen LogP contribution in [-0.2, 0) is 0 Å². The average Bonchev–Trinajstić information content (AvgIpc) is 2.31. The molecule has 2 aromatic rings. The van der Waals surface area contributed by atoms with Crippen LogP contribution in [0.4, 0.5) is 5.69 Å². The molecule has 0 bridgehead atoms. The zero-order valence-corrected chi connectivity index (χ0v) is 10.9. The molecule has 1 aromatic carbocycles. The molecule has 2 rings (SSSR count). The van der Waals surface area contributed by atoms with Gasteiger partial charge in [-0.25, -0.2) is 9.97 Å². The number of aromatic nitrogens is 2. The van der Waals surface area contributed by atoms with Crippen molar-refractivity contribution >= 4 is 40.5 Å². The van der Waals surface area contributed by atoms with E-state index in [9.17, 15) is 10.1 Å². The van der Waals surface area contributed by atoms with Crippen LogP contribution in [0.3, 0.4) is 0 Å². The fourth-order valence-electron chi connectivity index (χ4n) is 1.40. The number of hydrogen-bond donors (Lipinski definition) is 0. The Labute approximate surface area is 116 Å². The maximum absolute atomic E-state index is 11.0. The molecule has 0 unspecified atom stereocenters. The topological polar surface area (TPSA) is 68.9 Å². The smallest absolute Gasteiger partial charge is 0.258 e. The van der Waals surface area contributed by atoms with Gasteiger partial charge in [0.2, 0.25) is 5.15 Å². The minimum absolute atomic E-state index is 0.0347. The predicted molar refractivity (Wildman–Crippen MR) is 69.2 cm³/mol. The van der Waals surface area contributed by atoms with Gasteiger partial charge in [0.25, 0.3) is 0 Å². The molecule has 0 radical (unpaired) electrons. The molecule has 0 N–H and O–H groups in total. The van der Waals surface area contributed by atoms with E-state index in [1.807, 2.05) is 0 Å². The Bertz CT molecular complexity index is 634. The summed E-state index contributed by atoms with van der Waals surface area (Å²) >= 11 is 17.5. The molecule has 0 aliphatic heterocycles. The number of nitro groups is 1. The summed E-state index contributed by atoms with van der Waals surface area (Å²) in [6, 6.07) is 4.58. The Balaban J connectivity index is 2.75. The molecule has 0 saturated carbocycles. The van der Waals surface area contributed by atoms with Gasteiger partial charge in [-0.1, -0.05) is 34.8 Å². The van der Waals surface area contributed by atoms with E-state index in [1.165, 1.54) is 12.1 Å². The molecule has 18 heavy (non-hydrogen) atoms. The third-order valence-electron chi connectivity index (χ3n) is 2.14. The number of hydrogen-bond acceptors (Lipinski definition) is 4. The average molecular weight is 305 g/mol. The molecular weight excluding hydrogens is 300 g/mol. The van der Waals surface area contributed by atoms with E-state index in [0.29, 0.717) is 10.6 Å². The van der Waals surface area contributed by atoms with Crippen molar-refractivity contribution in [3.05, 3.63) is 49.8 Å².